The van der Waals surface area contributed by atoms with Crippen LogP contribution in [0, 0.1) is 0 Å². The highest BCUT2D eigenvalue weighted by molar-refractivity contribution is 14.0. The predicted molar refractivity (Wildman–Crippen MR) is 120 cm³/mol. The second-order valence-electron chi connectivity index (χ2n) is 5.43. The normalized spacial score (nSPS) is 11.5. The number of methoxy groups -OCH3 is 1. The highest BCUT2D eigenvalue weighted by Crippen LogP contribution is 2.30. The van der Waals surface area contributed by atoms with Crippen molar-refractivity contribution in [3.05, 3.63) is 18.2 Å². The number of halogens is 1. The Labute approximate surface area is 179 Å². The van der Waals surface area contributed by atoms with Gasteiger partial charge in [-0.2, -0.15) is 0 Å². The van der Waals surface area contributed by atoms with Gasteiger partial charge in [-0.25, -0.2) is 8.42 Å². The van der Waals surface area contributed by atoms with Crippen molar-refractivity contribution in [2.24, 2.45) is 4.99 Å². The molecule has 8 nitrogen and oxygen atoms in total. The van der Waals surface area contributed by atoms with Gasteiger partial charge in [0, 0.05) is 24.6 Å². The van der Waals surface area contributed by atoms with Crippen molar-refractivity contribution >= 4 is 45.5 Å². The fraction of sp³-hybridized carbons (Fsp3) is 0.588. The van der Waals surface area contributed by atoms with E-state index in [2.05, 4.69) is 15.6 Å². The molecule has 0 fully saturated rings. The predicted octanol–water partition coefficient (Wildman–Crippen LogP) is 2.15. The third-order valence-corrected chi connectivity index (χ3v) is 4.08. The van der Waals surface area contributed by atoms with Gasteiger partial charge in [0.25, 0.3) is 0 Å². The Balaban J connectivity index is 0.00000676. The summed E-state index contributed by atoms with van der Waals surface area (Å²) in [5, 5.41) is 6.34. The van der Waals surface area contributed by atoms with Crippen LogP contribution in [-0.4, -0.2) is 66.4 Å². The van der Waals surface area contributed by atoms with Crippen molar-refractivity contribution in [3.8, 4) is 11.5 Å². The van der Waals surface area contributed by atoms with Gasteiger partial charge in [0.2, 0.25) is 0 Å². The summed E-state index contributed by atoms with van der Waals surface area (Å²) in [4.78, 5) is 4.41. The third-order valence-electron chi connectivity index (χ3n) is 3.17. The van der Waals surface area contributed by atoms with Gasteiger partial charge >= 0.3 is 0 Å². The quantitative estimate of drug-likeness (QED) is 0.202. The first-order valence-corrected chi connectivity index (χ1v) is 10.6. The second-order valence-corrected chi connectivity index (χ2v) is 7.69. The first kappa shape index (κ1) is 25.7. The van der Waals surface area contributed by atoms with Crippen LogP contribution in [0.4, 0.5) is 5.69 Å². The summed E-state index contributed by atoms with van der Waals surface area (Å²) in [7, 11) is -1.40. The average molecular weight is 515 g/mol. The molecule has 0 heterocycles. The Morgan fingerprint density at radius 1 is 1.19 bits per heavy atom. The number of benzene rings is 1. The number of nitrogens with one attached hydrogen (secondary N) is 2. The van der Waals surface area contributed by atoms with Crippen LogP contribution >= 0.6 is 24.0 Å². The topological polar surface area (TPSA) is 98.3 Å². The summed E-state index contributed by atoms with van der Waals surface area (Å²) in [5.74, 6) is 1.94. The molecule has 0 saturated carbocycles. The molecule has 0 aromatic heterocycles. The molecule has 1 aromatic carbocycles. The van der Waals surface area contributed by atoms with Crippen molar-refractivity contribution < 1.29 is 22.6 Å². The van der Waals surface area contributed by atoms with Gasteiger partial charge in [-0.1, -0.05) is 0 Å². The first-order valence-electron chi connectivity index (χ1n) is 8.51. The van der Waals surface area contributed by atoms with Crippen LogP contribution in [0.25, 0.3) is 0 Å². The Bertz CT molecular complexity index is 683. The molecular formula is C17H30IN3O5S. The van der Waals surface area contributed by atoms with E-state index in [1.807, 2.05) is 32.0 Å². The van der Waals surface area contributed by atoms with Crippen LogP contribution < -0.4 is 20.1 Å². The molecular weight excluding hydrogens is 485 g/mol. The third kappa shape index (κ3) is 11.2. The summed E-state index contributed by atoms with van der Waals surface area (Å²) in [6, 6.07) is 5.54. The summed E-state index contributed by atoms with van der Waals surface area (Å²) >= 11 is 0. The molecule has 27 heavy (non-hydrogen) atoms. The Kier molecular flexibility index (Phi) is 13.2. The molecule has 156 valence electrons. The van der Waals surface area contributed by atoms with Crippen LogP contribution in [0.1, 0.15) is 13.8 Å². The number of rotatable bonds is 11. The van der Waals surface area contributed by atoms with E-state index >= 15 is 0 Å². The van der Waals surface area contributed by atoms with Gasteiger partial charge in [-0.3, -0.25) is 4.99 Å². The largest absolute Gasteiger partial charge is 0.493 e. The molecule has 0 radical (unpaired) electrons. The van der Waals surface area contributed by atoms with E-state index in [1.54, 1.807) is 7.11 Å². The highest BCUT2D eigenvalue weighted by atomic mass is 127. The molecule has 1 rings (SSSR count). The van der Waals surface area contributed by atoms with E-state index in [4.69, 9.17) is 14.2 Å². The van der Waals surface area contributed by atoms with Gasteiger partial charge in [0.1, 0.15) is 9.84 Å². The lowest BCUT2D eigenvalue weighted by Crippen LogP contribution is -2.31. The maximum atomic E-state index is 11.0. The number of sulfone groups is 1. The molecule has 0 aliphatic heterocycles. The second kappa shape index (κ2) is 13.8. The summed E-state index contributed by atoms with van der Waals surface area (Å²) < 4.78 is 38.2. The number of anilines is 1. The minimum Gasteiger partial charge on any atom is -0.493 e. The molecule has 10 heteroatoms. The van der Waals surface area contributed by atoms with Crippen molar-refractivity contribution in [1.82, 2.24) is 5.32 Å². The first-order chi connectivity index (χ1) is 12.4. The number of hydrogen-bond donors (Lipinski definition) is 2. The summed E-state index contributed by atoms with van der Waals surface area (Å²) in [6.07, 6.45) is 1.19. The van der Waals surface area contributed by atoms with Gasteiger partial charge in [0.05, 0.1) is 39.2 Å². The van der Waals surface area contributed by atoms with E-state index in [1.165, 1.54) is 6.26 Å². The van der Waals surface area contributed by atoms with Crippen molar-refractivity contribution in [2.45, 2.75) is 13.8 Å². The van der Waals surface area contributed by atoms with Crippen molar-refractivity contribution in [3.63, 3.8) is 0 Å². The standard InChI is InChI=1S/C17H29N3O5S.HI/c1-5-18-17(19-9-10-24-11-12-26(4,21)22)20-14-7-8-15(23-3)16(13-14)25-6-2;/h7-8,13H,5-6,9-12H2,1-4H3,(H2,18,19,20);1H. The Hall–Kier alpha value is -1.27. The zero-order chi connectivity index (χ0) is 19.4. The van der Waals surface area contributed by atoms with E-state index in [0.717, 1.165) is 5.69 Å². The molecule has 2 N–H and O–H groups in total. The number of ether oxygens (including phenoxy) is 3. The van der Waals surface area contributed by atoms with Crippen LogP contribution in [0.5, 0.6) is 11.5 Å². The minimum atomic E-state index is -3.00. The molecule has 0 aliphatic carbocycles. The smallest absolute Gasteiger partial charge is 0.195 e. The zero-order valence-corrected chi connectivity index (χ0v) is 19.4. The highest BCUT2D eigenvalue weighted by Gasteiger charge is 2.07. The van der Waals surface area contributed by atoms with Gasteiger partial charge in [0.15, 0.2) is 17.5 Å². The van der Waals surface area contributed by atoms with Gasteiger partial charge in [-0.15, -0.1) is 24.0 Å². The monoisotopic (exact) mass is 515 g/mol. The fourth-order valence-electron chi connectivity index (χ4n) is 2.00. The lowest BCUT2D eigenvalue weighted by atomic mass is 10.2. The van der Waals surface area contributed by atoms with Crippen LogP contribution in [0.3, 0.4) is 0 Å². The molecule has 0 spiro atoms. The number of guanidine groups is 1. The van der Waals surface area contributed by atoms with Crippen LogP contribution in [0.2, 0.25) is 0 Å². The van der Waals surface area contributed by atoms with E-state index in [0.29, 0.717) is 43.8 Å². The molecule has 1 aromatic rings. The van der Waals surface area contributed by atoms with E-state index in [9.17, 15) is 8.42 Å². The van der Waals surface area contributed by atoms with Crippen LogP contribution in [0.15, 0.2) is 23.2 Å². The van der Waals surface area contributed by atoms with E-state index < -0.39 is 9.84 Å². The number of hydrogen-bond acceptors (Lipinski definition) is 6. The Morgan fingerprint density at radius 3 is 2.52 bits per heavy atom. The van der Waals surface area contributed by atoms with Crippen LogP contribution in [-0.2, 0) is 14.6 Å². The van der Waals surface area contributed by atoms with Gasteiger partial charge < -0.3 is 24.8 Å². The summed E-state index contributed by atoms with van der Waals surface area (Å²) in [5.41, 5.74) is 0.812. The molecule has 0 saturated heterocycles. The molecule has 0 amide bonds. The average Bonchev–Trinajstić information content (AvgIpc) is 2.57. The molecule has 0 aliphatic rings. The molecule has 0 bridgehead atoms. The van der Waals surface area contributed by atoms with E-state index in [-0.39, 0.29) is 36.3 Å². The lowest BCUT2D eigenvalue weighted by molar-refractivity contribution is 0.157. The Morgan fingerprint density at radius 2 is 1.93 bits per heavy atom. The minimum absolute atomic E-state index is 0. The number of nitrogens with zero attached hydrogens (tertiary/aromatic N) is 1. The zero-order valence-electron chi connectivity index (χ0n) is 16.3. The lowest BCUT2D eigenvalue weighted by Gasteiger charge is -2.14. The summed E-state index contributed by atoms with van der Waals surface area (Å²) in [6.45, 7) is 6.06. The molecule has 0 atom stereocenters. The number of aliphatic imine (C=N–C) groups is 1. The SMILES string of the molecule is CCNC(=NCCOCCS(C)(=O)=O)Nc1ccc(OC)c(OCC)c1.I. The maximum Gasteiger partial charge on any atom is 0.195 e. The molecule has 0 unspecified atom stereocenters. The fourth-order valence-corrected chi connectivity index (χ4v) is 2.42. The van der Waals surface area contributed by atoms with Crippen molar-refractivity contribution in [1.29, 1.82) is 0 Å². The van der Waals surface area contributed by atoms with Crippen molar-refractivity contribution in [2.75, 3.05) is 57.3 Å². The maximum absolute atomic E-state index is 11.0. The van der Waals surface area contributed by atoms with Gasteiger partial charge in [-0.05, 0) is 26.0 Å².